The number of methoxy groups -OCH3 is 1. The van der Waals surface area contributed by atoms with Gasteiger partial charge in [0.2, 0.25) is 0 Å². The topological polar surface area (TPSA) is 67.4 Å². The van der Waals surface area contributed by atoms with Crippen LogP contribution in [0.2, 0.25) is 10.0 Å². The van der Waals surface area contributed by atoms with Crippen LogP contribution >= 0.6 is 23.2 Å². The summed E-state index contributed by atoms with van der Waals surface area (Å²) in [5.74, 6) is -0.325. The third-order valence-electron chi connectivity index (χ3n) is 3.07. The van der Waals surface area contributed by atoms with Gasteiger partial charge in [0.1, 0.15) is 0 Å². The Bertz CT molecular complexity index is 740. The molecule has 2 amide bonds. The van der Waals surface area contributed by atoms with Crippen LogP contribution in [0.1, 0.15) is 20.7 Å². The van der Waals surface area contributed by atoms with Crippen LogP contribution in [0.15, 0.2) is 36.4 Å². The van der Waals surface area contributed by atoms with Gasteiger partial charge in [0.05, 0.1) is 17.2 Å². The molecular formula is C16H14Cl2N2O3. The van der Waals surface area contributed by atoms with Gasteiger partial charge in [-0.3, -0.25) is 9.59 Å². The van der Waals surface area contributed by atoms with Crippen LogP contribution in [-0.4, -0.2) is 26.0 Å². The number of hydrogen-bond donors (Lipinski definition) is 2. The molecule has 0 aromatic heterocycles. The van der Waals surface area contributed by atoms with Gasteiger partial charge in [-0.15, -0.1) is 0 Å². The highest BCUT2D eigenvalue weighted by Gasteiger charge is 2.14. The SMILES string of the molecule is CNC(=O)c1cccc(NC(=O)c2cc(Cl)c(OC)c(Cl)c2)c1. The van der Waals surface area contributed by atoms with E-state index in [4.69, 9.17) is 27.9 Å². The molecule has 0 fully saturated rings. The zero-order valence-corrected chi connectivity index (χ0v) is 14.0. The zero-order valence-electron chi connectivity index (χ0n) is 12.4. The van der Waals surface area contributed by atoms with Gasteiger partial charge in [0, 0.05) is 23.9 Å². The summed E-state index contributed by atoms with van der Waals surface area (Å²) in [4.78, 5) is 23.9. The third kappa shape index (κ3) is 3.94. The minimum absolute atomic E-state index is 0.239. The number of carbonyl (C=O) groups is 2. The summed E-state index contributed by atoms with van der Waals surface area (Å²) in [5, 5.41) is 5.69. The Morgan fingerprint density at radius 2 is 1.65 bits per heavy atom. The molecular weight excluding hydrogens is 339 g/mol. The Kier molecular flexibility index (Phi) is 5.47. The van der Waals surface area contributed by atoms with Crippen molar-refractivity contribution in [3.8, 4) is 5.75 Å². The number of ether oxygens (including phenoxy) is 1. The Morgan fingerprint density at radius 1 is 1.00 bits per heavy atom. The summed E-state index contributed by atoms with van der Waals surface area (Å²) in [5.41, 5.74) is 1.21. The van der Waals surface area contributed by atoms with Gasteiger partial charge in [-0.25, -0.2) is 0 Å². The quantitative estimate of drug-likeness (QED) is 0.882. The van der Waals surface area contributed by atoms with E-state index in [1.165, 1.54) is 26.3 Å². The highest BCUT2D eigenvalue weighted by atomic mass is 35.5. The fourth-order valence-corrected chi connectivity index (χ4v) is 2.61. The van der Waals surface area contributed by atoms with E-state index in [9.17, 15) is 9.59 Å². The second-order valence-corrected chi connectivity index (χ2v) is 5.40. The first-order chi connectivity index (χ1) is 11.0. The smallest absolute Gasteiger partial charge is 0.255 e. The molecule has 2 aromatic carbocycles. The van der Waals surface area contributed by atoms with Crippen molar-refractivity contribution in [2.24, 2.45) is 0 Å². The van der Waals surface area contributed by atoms with Crippen molar-refractivity contribution in [3.63, 3.8) is 0 Å². The molecule has 7 heteroatoms. The number of hydrogen-bond acceptors (Lipinski definition) is 3. The van der Waals surface area contributed by atoms with Crippen molar-refractivity contribution in [2.45, 2.75) is 0 Å². The maximum Gasteiger partial charge on any atom is 0.255 e. The lowest BCUT2D eigenvalue weighted by molar-refractivity contribution is 0.0961. The molecule has 0 spiro atoms. The second kappa shape index (κ2) is 7.35. The standard InChI is InChI=1S/C16H14Cl2N2O3/c1-19-15(21)9-4-3-5-11(6-9)20-16(22)10-7-12(17)14(23-2)13(18)8-10/h3-8H,1-2H3,(H,19,21)(H,20,22). The number of nitrogens with one attached hydrogen (secondary N) is 2. The highest BCUT2D eigenvalue weighted by Crippen LogP contribution is 2.34. The molecule has 0 saturated carbocycles. The number of carbonyl (C=O) groups excluding carboxylic acids is 2. The summed E-state index contributed by atoms with van der Waals surface area (Å²) >= 11 is 12.1. The third-order valence-corrected chi connectivity index (χ3v) is 3.64. The lowest BCUT2D eigenvalue weighted by atomic mass is 10.1. The summed E-state index contributed by atoms with van der Waals surface area (Å²) in [6.07, 6.45) is 0. The molecule has 0 aliphatic heterocycles. The van der Waals surface area contributed by atoms with E-state index in [1.807, 2.05) is 0 Å². The lowest BCUT2D eigenvalue weighted by Gasteiger charge is -2.10. The summed E-state index contributed by atoms with van der Waals surface area (Å²) < 4.78 is 5.04. The molecule has 0 aliphatic carbocycles. The maximum absolute atomic E-state index is 12.3. The van der Waals surface area contributed by atoms with E-state index in [0.29, 0.717) is 17.0 Å². The summed E-state index contributed by atoms with van der Waals surface area (Å²) in [7, 11) is 2.98. The Balaban J connectivity index is 2.24. The highest BCUT2D eigenvalue weighted by molar-refractivity contribution is 6.37. The Hall–Kier alpha value is -2.24. The van der Waals surface area contributed by atoms with Crippen LogP contribution in [0.25, 0.3) is 0 Å². The predicted molar refractivity (Wildman–Crippen MR) is 90.8 cm³/mol. The number of benzene rings is 2. The molecule has 0 radical (unpaired) electrons. The lowest BCUT2D eigenvalue weighted by Crippen LogP contribution is -2.18. The van der Waals surface area contributed by atoms with Gasteiger partial charge in [-0.1, -0.05) is 29.3 Å². The van der Waals surface area contributed by atoms with Gasteiger partial charge < -0.3 is 15.4 Å². The molecule has 5 nitrogen and oxygen atoms in total. The Labute approximate surface area is 143 Å². The average Bonchev–Trinajstić information content (AvgIpc) is 2.54. The fraction of sp³-hybridized carbons (Fsp3) is 0.125. The van der Waals surface area contributed by atoms with Gasteiger partial charge in [-0.2, -0.15) is 0 Å². The number of rotatable bonds is 4. The van der Waals surface area contributed by atoms with Crippen LogP contribution in [0.3, 0.4) is 0 Å². The van der Waals surface area contributed by atoms with Crippen LogP contribution < -0.4 is 15.4 Å². The minimum atomic E-state index is -0.398. The van der Waals surface area contributed by atoms with E-state index in [2.05, 4.69) is 10.6 Å². The van der Waals surface area contributed by atoms with Crippen molar-refractivity contribution in [1.82, 2.24) is 5.32 Å². The predicted octanol–water partition coefficient (Wildman–Crippen LogP) is 3.61. The maximum atomic E-state index is 12.3. The van der Waals surface area contributed by atoms with Crippen LogP contribution in [-0.2, 0) is 0 Å². The average molecular weight is 353 g/mol. The largest absolute Gasteiger partial charge is 0.494 e. The summed E-state index contributed by atoms with van der Waals surface area (Å²) in [6.45, 7) is 0. The van der Waals surface area contributed by atoms with E-state index in [1.54, 1.807) is 24.3 Å². The molecule has 2 rings (SSSR count). The first kappa shape index (κ1) is 17.1. The number of amides is 2. The second-order valence-electron chi connectivity index (χ2n) is 4.59. The molecule has 2 N–H and O–H groups in total. The zero-order chi connectivity index (χ0) is 17.0. The van der Waals surface area contributed by atoms with Crippen molar-refractivity contribution >= 4 is 40.7 Å². The van der Waals surface area contributed by atoms with E-state index in [0.717, 1.165) is 0 Å². The van der Waals surface area contributed by atoms with Gasteiger partial charge in [-0.05, 0) is 30.3 Å². The van der Waals surface area contributed by atoms with Gasteiger partial charge >= 0.3 is 0 Å². The first-order valence-corrected chi connectivity index (χ1v) is 7.38. The molecule has 0 atom stereocenters. The molecule has 0 heterocycles. The minimum Gasteiger partial charge on any atom is -0.494 e. The van der Waals surface area contributed by atoms with Crippen LogP contribution in [0.5, 0.6) is 5.75 Å². The monoisotopic (exact) mass is 352 g/mol. The van der Waals surface area contributed by atoms with Crippen LogP contribution in [0.4, 0.5) is 5.69 Å². The van der Waals surface area contributed by atoms with E-state index < -0.39 is 5.91 Å². The van der Waals surface area contributed by atoms with E-state index >= 15 is 0 Å². The van der Waals surface area contributed by atoms with Crippen molar-refractivity contribution in [1.29, 1.82) is 0 Å². The fourth-order valence-electron chi connectivity index (χ4n) is 1.97. The van der Waals surface area contributed by atoms with Gasteiger partial charge in [0.15, 0.2) is 5.75 Å². The Morgan fingerprint density at radius 3 is 2.22 bits per heavy atom. The first-order valence-electron chi connectivity index (χ1n) is 6.62. The molecule has 0 saturated heterocycles. The number of halogens is 2. The number of anilines is 1. The van der Waals surface area contributed by atoms with Crippen LogP contribution in [0, 0.1) is 0 Å². The molecule has 0 aliphatic rings. The van der Waals surface area contributed by atoms with E-state index in [-0.39, 0.29) is 21.5 Å². The molecule has 2 aromatic rings. The van der Waals surface area contributed by atoms with Gasteiger partial charge in [0.25, 0.3) is 11.8 Å². The van der Waals surface area contributed by atoms with Crippen molar-refractivity contribution in [3.05, 3.63) is 57.6 Å². The molecule has 0 bridgehead atoms. The van der Waals surface area contributed by atoms with Crippen molar-refractivity contribution in [2.75, 3.05) is 19.5 Å². The molecule has 23 heavy (non-hydrogen) atoms. The van der Waals surface area contributed by atoms with Crippen molar-refractivity contribution < 1.29 is 14.3 Å². The molecule has 120 valence electrons. The summed E-state index contributed by atoms with van der Waals surface area (Å²) in [6, 6.07) is 9.50. The molecule has 0 unspecified atom stereocenters. The normalized spacial score (nSPS) is 10.1.